The fourth-order valence-corrected chi connectivity index (χ4v) is 3.13. The minimum Gasteiger partial charge on any atom is -0.508 e. The van der Waals surface area contributed by atoms with E-state index in [1.807, 2.05) is 6.92 Å². The molecule has 1 amide bonds. The van der Waals surface area contributed by atoms with Crippen molar-refractivity contribution < 1.29 is 9.90 Å². The first kappa shape index (κ1) is 19.1. The molecule has 6 heteroatoms. The molecule has 0 spiro atoms. The van der Waals surface area contributed by atoms with E-state index < -0.39 is 0 Å². The van der Waals surface area contributed by atoms with Gasteiger partial charge in [-0.05, 0) is 49.9 Å². The Bertz CT molecular complexity index is 551. The van der Waals surface area contributed by atoms with Gasteiger partial charge in [-0.2, -0.15) is 0 Å². The third-order valence-corrected chi connectivity index (χ3v) is 4.43. The van der Waals surface area contributed by atoms with Crippen molar-refractivity contribution in [3.63, 3.8) is 0 Å². The van der Waals surface area contributed by atoms with Crippen LogP contribution in [0.4, 0.5) is 5.69 Å². The largest absolute Gasteiger partial charge is 0.508 e. The fourth-order valence-electron chi connectivity index (χ4n) is 3.13. The predicted molar refractivity (Wildman–Crippen MR) is 102 cm³/mol. The minimum absolute atomic E-state index is 0.0544. The van der Waals surface area contributed by atoms with E-state index in [1.165, 1.54) is 44.2 Å². The van der Waals surface area contributed by atoms with Crippen LogP contribution in [0.25, 0.3) is 0 Å². The second-order valence-electron chi connectivity index (χ2n) is 6.51. The Morgan fingerprint density at radius 1 is 1.20 bits per heavy atom. The smallest absolute Gasteiger partial charge is 0.246 e. The molecule has 0 saturated heterocycles. The van der Waals surface area contributed by atoms with Crippen LogP contribution >= 0.6 is 0 Å². The molecule has 1 aromatic carbocycles. The van der Waals surface area contributed by atoms with Gasteiger partial charge >= 0.3 is 0 Å². The third-order valence-electron chi connectivity index (χ3n) is 4.43. The summed E-state index contributed by atoms with van der Waals surface area (Å²) >= 11 is 0. The number of amides is 1. The first-order valence-corrected chi connectivity index (χ1v) is 9.28. The molecule has 0 radical (unpaired) electrons. The third kappa shape index (κ3) is 7.45. The quantitative estimate of drug-likeness (QED) is 0.252. The highest BCUT2D eigenvalue weighted by Crippen LogP contribution is 2.28. The van der Waals surface area contributed by atoms with Crippen LogP contribution in [0.1, 0.15) is 45.4 Å². The number of nitrogens with one attached hydrogen (secondary N) is 3. The van der Waals surface area contributed by atoms with E-state index in [0.717, 1.165) is 25.4 Å². The lowest BCUT2D eigenvalue weighted by Crippen LogP contribution is -2.38. The molecule has 0 aromatic heterocycles. The second kappa shape index (κ2) is 10.6. The molecule has 4 N–H and O–H groups in total. The van der Waals surface area contributed by atoms with Crippen molar-refractivity contribution in [2.45, 2.75) is 45.4 Å². The zero-order chi connectivity index (χ0) is 17.9. The van der Waals surface area contributed by atoms with Crippen molar-refractivity contribution in [1.29, 1.82) is 0 Å². The molecule has 0 heterocycles. The van der Waals surface area contributed by atoms with Crippen LogP contribution in [-0.2, 0) is 4.79 Å². The maximum Gasteiger partial charge on any atom is 0.246 e. The van der Waals surface area contributed by atoms with Gasteiger partial charge in [0.05, 0.1) is 0 Å². The van der Waals surface area contributed by atoms with E-state index in [1.54, 1.807) is 12.1 Å². The normalized spacial score (nSPS) is 15.2. The zero-order valence-corrected chi connectivity index (χ0v) is 15.1. The van der Waals surface area contributed by atoms with Gasteiger partial charge in [0.1, 0.15) is 12.3 Å². The van der Waals surface area contributed by atoms with Crippen molar-refractivity contribution >= 4 is 17.6 Å². The van der Waals surface area contributed by atoms with Crippen LogP contribution in [0, 0.1) is 5.92 Å². The van der Waals surface area contributed by atoms with Gasteiger partial charge in [-0.3, -0.25) is 4.79 Å². The lowest BCUT2D eigenvalue weighted by molar-refractivity contribution is -0.114. The number of aromatic hydroxyl groups is 1. The average Bonchev–Trinajstić information content (AvgIpc) is 3.12. The molecular weight excluding hydrogens is 316 g/mol. The van der Waals surface area contributed by atoms with Gasteiger partial charge < -0.3 is 21.1 Å². The first-order valence-electron chi connectivity index (χ1n) is 9.28. The molecule has 1 fully saturated rings. The number of phenols is 1. The number of carbonyl (C=O) groups is 1. The predicted octanol–water partition coefficient (Wildman–Crippen LogP) is 2.86. The Labute approximate surface area is 150 Å². The van der Waals surface area contributed by atoms with Crippen LogP contribution in [0.5, 0.6) is 5.75 Å². The molecule has 2 rings (SSSR count). The average molecular weight is 346 g/mol. The van der Waals surface area contributed by atoms with E-state index in [4.69, 9.17) is 0 Å². The molecule has 1 aromatic rings. The molecule has 1 saturated carbocycles. The molecule has 1 aliphatic carbocycles. The number of rotatable bonds is 8. The summed E-state index contributed by atoms with van der Waals surface area (Å²) in [4.78, 5) is 16.3. The lowest BCUT2D eigenvalue weighted by atomic mass is 10.0. The van der Waals surface area contributed by atoms with Gasteiger partial charge in [0.15, 0.2) is 5.96 Å². The van der Waals surface area contributed by atoms with E-state index in [0.29, 0.717) is 11.6 Å². The Balaban J connectivity index is 1.71. The molecule has 0 atom stereocenters. The number of anilines is 1. The molecule has 0 bridgehead atoms. The van der Waals surface area contributed by atoms with Gasteiger partial charge in [-0.25, -0.2) is 4.99 Å². The maximum atomic E-state index is 12.0. The fraction of sp³-hybridized carbons (Fsp3) is 0.579. The standard InChI is InChI=1S/C19H30N4O2/c1-2-20-19(21-13-5-8-15-6-3-4-7-15)22-14-18(25)23-16-9-11-17(24)12-10-16/h9-12,15,24H,2-8,13-14H2,1H3,(H,23,25)(H2,20,21,22). The molecule has 138 valence electrons. The topological polar surface area (TPSA) is 85.8 Å². The summed E-state index contributed by atoms with van der Waals surface area (Å²) in [6.07, 6.45) is 7.94. The van der Waals surface area contributed by atoms with Crippen LogP contribution in [0.2, 0.25) is 0 Å². The summed E-state index contributed by atoms with van der Waals surface area (Å²) in [6, 6.07) is 6.39. The highest BCUT2D eigenvalue weighted by atomic mass is 16.3. The maximum absolute atomic E-state index is 12.0. The SMILES string of the molecule is CCNC(=NCC(=O)Nc1ccc(O)cc1)NCCCC1CCCC1. The van der Waals surface area contributed by atoms with Crippen LogP contribution in [0.15, 0.2) is 29.3 Å². The number of nitrogens with zero attached hydrogens (tertiary/aromatic N) is 1. The van der Waals surface area contributed by atoms with E-state index in [2.05, 4.69) is 20.9 Å². The number of benzene rings is 1. The summed E-state index contributed by atoms with van der Waals surface area (Å²) < 4.78 is 0. The van der Waals surface area contributed by atoms with E-state index >= 15 is 0 Å². The summed E-state index contributed by atoms with van der Waals surface area (Å²) in [7, 11) is 0. The summed E-state index contributed by atoms with van der Waals surface area (Å²) in [5.41, 5.74) is 0.646. The highest BCUT2D eigenvalue weighted by molar-refractivity contribution is 5.94. The van der Waals surface area contributed by atoms with Gasteiger partial charge in [0.2, 0.25) is 5.91 Å². The van der Waals surface area contributed by atoms with Crippen molar-refractivity contribution in [2.75, 3.05) is 25.0 Å². The van der Waals surface area contributed by atoms with Crippen molar-refractivity contribution in [3.8, 4) is 5.75 Å². The van der Waals surface area contributed by atoms with Gasteiger partial charge in [0.25, 0.3) is 0 Å². The summed E-state index contributed by atoms with van der Waals surface area (Å²) in [6.45, 7) is 3.70. The van der Waals surface area contributed by atoms with Crippen molar-refractivity contribution in [3.05, 3.63) is 24.3 Å². The van der Waals surface area contributed by atoms with Crippen molar-refractivity contribution in [1.82, 2.24) is 10.6 Å². The van der Waals surface area contributed by atoms with Gasteiger partial charge in [0, 0.05) is 18.8 Å². The Hall–Kier alpha value is -2.24. The molecule has 0 aliphatic heterocycles. The molecule has 1 aliphatic rings. The number of guanidine groups is 1. The second-order valence-corrected chi connectivity index (χ2v) is 6.51. The van der Waals surface area contributed by atoms with Crippen LogP contribution in [0.3, 0.4) is 0 Å². The summed E-state index contributed by atoms with van der Waals surface area (Å²) in [5.74, 6) is 1.56. The Morgan fingerprint density at radius 2 is 1.92 bits per heavy atom. The van der Waals surface area contributed by atoms with Crippen LogP contribution < -0.4 is 16.0 Å². The van der Waals surface area contributed by atoms with Gasteiger partial charge in [-0.15, -0.1) is 0 Å². The molecule has 25 heavy (non-hydrogen) atoms. The van der Waals surface area contributed by atoms with E-state index in [9.17, 15) is 9.90 Å². The number of hydrogen-bond acceptors (Lipinski definition) is 3. The Morgan fingerprint density at radius 3 is 2.60 bits per heavy atom. The molecule has 6 nitrogen and oxygen atoms in total. The Kier molecular flexibility index (Phi) is 8.09. The number of aliphatic imine (C=N–C) groups is 1. The van der Waals surface area contributed by atoms with Gasteiger partial charge in [-0.1, -0.05) is 25.7 Å². The summed E-state index contributed by atoms with van der Waals surface area (Å²) in [5, 5.41) is 18.5. The first-order chi connectivity index (χ1) is 12.2. The lowest BCUT2D eigenvalue weighted by Gasteiger charge is -2.13. The highest BCUT2D eigenvalue weighted by Gasteiger charge is 2.14. The number of phenolic OH excluding ortho intramolecular Hbond substituents is 1. The monoisotopic (exact) mass is 346 g/mol. The number of carbonyl (C=O) groups excluding carboxylic acids is 1. The van der Waals surface area contributed by atoms with Crippen LogP contribution in [-0.4, -0.2) is 36.6 Å². The molecule has 0 unspecified atom stereocenters. The zero-order valence-electron chi connectivity index (χ0n) is 15.1. The minimum atomic E-state index is -0.186. The number of hydrogen-bond donors (Lipinski definition) is 4. The van der Waals surface area contributed by atoms with E-state index in [-0.39, 0.29) is 18.2 Å². The van der Waals surface area contributed by atoms with Crippen molar-refractivity contribution in [2.24, 2.45) is 10.9 Å². The molecular formula is C19H30N4O2.